The molecule has 1 aliphatic rings. The summed E-state index contributed by atoms with van der Waals surface area (Å²) in [6, 6.07) is -0.539. The van der Waals surface area contributed by atoms with Crippen molar-refractivity contribution in [2.75, 3.05) is 6.54 Å². The van der Waals surface area contributed by atoms with E-state index in [2.05, 4.69) is 5.32 Å². The molecular formula is C11H19NO4. The van der Waals surface area contributed by atoms with Gasteiger partial charge in [-0.15, -0.1) is 0 Å². The zero-order valence-electron chi connectivity index (χ0n) is 10.2. The average Bonchev–Trinajstić information content (AvgIpc) is 2.47. The maximum absolute atomic E-state index is 11.8. The molecule has 1 N–H and O–H groups in total. The number of ether oxygens (including phenoxy) is 2. The number of hydrogen-bond acceptors (Lipinski definition) is 5. The molecule has 2 atom stereocenters. The van der Waals surface area contributed by atoms with Crippen LogP contribution in [-0.4, -0.2) is 36.2 Å². The minimum absolute atomic E-state index is 0.365. The monoisotopic (exact) mass is 229 g/mol. The van der Waals surface area contributed by atoms with Gasteiger partial charge in [0.1, 0.15) is 17.7 Å². The van der Waals surface area contributed by atoms with Crippen LogP contribution >= 0.6 is 0 Å². The van der Waals surface area contributed by atoms with Gasteiger partial charge in [0.05, 0.1) is 0 Å². The molecule has 1 saturated heterocycles. The molecule has 1 heterocycles. The average molecular weight is 229 g/mol. The van der Waals surface area contributed by atoms with E-state index in [4.69, 9.17) is 9.47 Å². The van der Waals surface area contributed by atoms with Gasteiger partial charge in [0.2, 0.25) is 0 Å². The zero-order chi connectivity index (χ0) is 12.3. The Balaban J connectivity index is 2.57. The van der Waals surface area contributed by atoms with Crippen LogP contribution < -0.4 is 5.32 Å². The number of hydrogen-bond donors (Lipinski definition) is 1. The first-order valence-electron chi connectivity index (χ1n) is 5.43. The topological polar surface area (TPSA) is 64.6 Å². The Hall–Kier alpha value is -1.10. The molecule has 5 heteroatoms. The van der Waals surface area contributed by atoms with Gasteiger partial charge in [0.15, 0.2) is 0 Å². The van der Waals surface area contributed by atoms with Gasteiger partial charge < -0.3 is 14.8 Å². The summed E-state index contributed by atoms with van der Waals surface area (Å²) in [5, 5.41) is 2.98. The Morgan fingerprint density at radius 3 is 2.44 bits per heavy atom. The molecule has 0 aromatic heterocycles. The van der Waals surface area contributed by atoms with Crippen molar-refractivity contribution in [3.8, 4) is 0 Å². The van der Waals surface area contributed by atoms with E-state index < -0.39 is 17.7 Å². The van der Waals surface area contributed by atoms with Crippen LogP contribution in [0.5, 0.6) is 0 Å². The largest absolute Gasteiger partial charge is 0.460 e. The highest BCUT2D eigenvalue weighted by Gasteiger charge is 2.37. The van der Waals surface area contributed by atoms with Crippen molar-refractivity contribution in [1.82, 2.24) is 5.32 Å². The quantitative estimate of drug-likeness (QED) is 0.703. The molecule has 16 heavy (non-hydrogen) atoms. The van der Waals surface area contributed by atoms with Crippen molar-refractivity contribution in [3.63, 3.8) is 0 Å². The van der Waals surface area contributed by atoms with Gasteiger partial charge in [-0.3, -0.25) is 9.59 Å². The normalized spacial score (nSPS) is 25.2. The summed E-state index contributed by atoms with van der Waals surface area (Å²) in [5.41, 5.74) is -0.526. The molecule has 0 amide bonds. The molecule has 0 spiro atoms. The Morgan fingerprint density at radius 2 is 1.94 bits per heavy atom. The van der Waals surface area contributed by atoms with E-state index in [1.165, 1.54) is 6.92 Å². The van der Waals surface area contributed by atoms with Crippen molar-refractivity contribution in [2.45, 2.75) is 51.9 Å². The molecule has 0 aromatic rings. The molecule has 5 nitrogen and oxygen atoms in total. The molecule has 0 radical (unpaired) electrons. The van der Waals surface area contributed by atoms with E-state index in [0.29, 0.717) is 13.0 Å². The highest BCUT2D eigenvalue weighted by molar-refractivity contribution is 5.78. The van der Waals surface area contributed by atoms with Crippen LogP contribution in [-0.2, 0) is 19.1 Å². The predicted octanol–water partition coefficient (Wildman–Crippen LogP) is 0.622. The van der Waals surface area contributed by atoms with Crippen LogP contribution in [0.2, 0.25) is 0 Å². The Bertz CT molecular complexity index is 282. The fourth-order valence-electron chi connectivity index (χ4n) is 1.62. The second kappa shape index (κ2) is 4.82. The van der Waals surface area contributed by atoms with Gasteiger partial charge in [0, 0.05) is 6.92 Å². The van der Waals surface area contributed by atoms with Crippen LogP contribution in [0.25, 0.3) is 0 Å². The van der Waals surface area contributed by atoms with E-state index >= 15 is 0 Å². The highest BCUT2D eigenvalue weighted by Crippen LogP contribution is 2.16. The molecule has 1 fully saturated rings. The van der Waals surface area contributed by atoms with Gasteiger partial charge in [-0.1, -0.05) is 0 Å². The molecule has 1 rings (SSSR count). The lowest BCUT2D eigenvalue weighted by atomic mass is 10.1. The molecule has 0 aliphatic carbocycles. The van der Waals surface area contributed by atoms with E-state index in [1.807, 2.05) is 0 Å². The first-order valence-corrected chi connectivity index (χ1v) is 5.43. The minimum atomic E-state index is -0.539. The van der Waals surface area contributed by atoms with Gasteiger partial charge in [0.25, 0.3) is 0 Å². The van der Waals surface area contributed by atoms with Gasteiger partial charge >= 0.3 is 11.9 Å². The van der Waals surface area contributed by atoms with Crippen LogP contribution in [0.3, 0.4) is 0 Å². The standard InChI is InChI=1S/C11H19NO4/c1-7(13)15-8-5-6-12-9(8)10(14)16-11(2,3)4/h8-9,12H,5-6H2,1-4H3/t8-,9-/m0/s1. The third-order valence-electron chi connectivity index (χ3n) is 2.14. The van der Waals surface area contributed by atoms with E-state index in [1.54, 1.807) is 20.8 Å². The molecule has 92 valence electrons. The van der Waals surface area contributed by atoms with Crippen LogP contribution in [0.15, 0.2) is 0 Å². The number of esters is 2. The van der Waals surface area contributed by atoms with E-state index in [-0.39, 0.29) is 11.9 Å². The molecule has 0 bridgehead atoms. The molecule has 0 unspecified atom stereocenters. The third kappa shape index (κ3) is 3.81. The first-order chi connectivity index (χ1) is 7.29. The Labute approximate surface area is 95.5 Å². The van der Waals surface area contributed by atoms with Crippen LogP contribution in [0.1, 0.15) is 34.1 Å². The Kier molecular flexibility index (Phi) is 3.91. The summed E-state index contributed by atoms with van der Waals surface area (Å²) in [6.07, 6.45) is 0.232. The summed E-state index contributed by atoms with van der Waals surface area (Å²) in [6.45, 7) is 7.41. The highest BCUT2D eigenvalue weighted by atomic mass is 16.6. The maximum atomic E-state index is 11.8. The molecular weight excluding hydrogens is 210 g/mol. The van der Waals surface area contributed by atoms with Crippen molar-refractivity contribution in [3.05, 3.63) is 0 Å². The fourth-order valence-corrected chi connectivity index (χ4v) is 1.62. The first kappa shape index (κ1) is 13.0. The van der Waals surface area contributed by atoms with E-state index in [0.717, 1.165) is 0 Å². The smallest absolute Gasteiger partial charge is 0.327 e. The fraction of sp³-hybridized carbons (Fsp3) is 0.818. The van der Waals surface area contributed by atoms with Crippen molar-refractivity contribution in [2.24, 2.45) is 0 Å². The summed E-state index contributed by atoms with van der Waals surface area (Å²) >= 11 is 0. The van der Waals surface area contributed by atoms with Crippen LogP contribution in [0.4, 0.5) is 0 Å². The van der Waals surface area contributed by atoms with Crippen molar-refractivity contribution in [1.29, 1.82) is 0 Å². The van der Waals surface area contributed by atoms with E-state index in [9.17, 15) is 9.59 Å². The molecule has 1 aliphatic heterocycles. The Morgan fingerprint density at radius 1 is 1.31 bits per heavy atom. The zero-order valence-corrected chi connectivity index (χ0v) is 10.2. The lowest BCUT2D eigenvalue weighted by Crippen LogP contribution is -2.44. The number of nitrogens with one attached hydrogen (secondary N) is 1. The summed E-state index contributed by atoms with van der Waals surface area (Å²) < 4.78 is 10.3. The van der Waals surface area contributed by atoms with Crippen molar-refractivity contribution < 1.29 is 19.1 Å². The molecule has 0 saturated carbocycles. The lowest BCUT2D eigenvalue weighted by molar-refractivity contribution is -0.162. The summed E-state index contributed by atoms with van der Waals surface area (Å²) in [5.74, 6) is -0.737. The maximum Gasteiger partial charge on any atom is 0.327 e. The van der Waals surface area contributed by atoms with Gasteiger partial charge in [-0.2, -0.15) is 0 Å². The lowest BCUT2D eigenvalue weighted by Gasteiger charge is -2.24. The van der Waals surface area contributed by atoms with Crippen LogP contribution in [0, 0.1) is 0 Å². The SMILES string of the molecule is CC(=O)O[C@H]1CCN[C@@H]1C(=O)OC(C)(C)C. The molecule has 0 aromatic carbocycles. The number of carbonyl (C=O) groups excluding carboxylic acids is 2. The summed E-state index contributed by atoms with van der Waals surface area (Å²) in [4.78, 5) is 22.6. The number of rotatable bonds is 2. The second-order valence-corrected chi connectivity index (χ2v) is 4.90. The summed E-state index contributed by atoms with van der Waals surface area (Å²) in [7, 11) is 0. The van der Waals surface area contributed by atoms with Crippen molar-refractivity contribution >= 4 is 11.9 Å². The minimum Gasteiger partial charge on any atom is -0.460 e. The van der Waals surface area contributed by atoms with Gasteiger partial charge in [-0.05, 0) is 33.7 Å². The predicted molar refractivity (Wildman–Crippen MR) is 57.8 cm³/mol. The third-order valence-corrected chi connectivity index (χ3v) is 2.14. The van der Waals surface area contributed by atoms with Gasteiger partial charge in [-0.25, -0.2) is 0 Å². The number of carbonyl (C=O) groups is 2. The second-order valence-electron chi connectivity index (χ2n) is 4.90.